The van der Waals surface area contributed by atoms with Crippen LogP contribution >= 0.6 is 27.5 Å². The number of halogens is 2. The van der Waals surface area contributed by atoms with E-state index in [1.54, 1.807) is 39.0 Å². The van der Waals surface area contributed by atoms with E-state index in [4.69, 9.17) is 21.1 Å². The van der Waals surface area contributed by atoms with Gasteiger partial charge < -0.3 is 20.1 Å². The van der Waals surface area contributed by atoms with Gasteiger partial charge in [0.1, 0.15) is 11.6 Å². The molecule has 0 aliphatic carbocycles. The second-order valence-electron chi connectivity index (χ2n) is 7.32. The van der Waals surface area contributed by atoms with E-state index in [2.05, 4.69) is 26.6 Å². The molecule has 0 fully saturated rings. The van der Waals surface area contributed by atoms with Crippen molar-refractivity contribution in [1.29, 1.82) is 0 Å². The van der Waals surface area contributed by atoms with Crippen LogP contribution in [0.4, 0.5) is 10.5 Å². The van der Waals surface area contributed by atoms with Crippen molar-refractivity contribution in [3.05, 3.63) is 63.6 Å². The maximum absolute atomic E-state index is 12.7. The fourth-order valence-corrected chi connectivity index (χ4v) is 2.80. The second kappa shape index (κ2) is 10.6. The normalized spacial score (nSPS) is 12.2. The Hall–Kier alpha value is -2.09. The molecule has 0 aromatic heterocycles. The van der Waals surface area contributed by atoms with E-state index in [1.807, 2.05) is 30.3 Å². The lowest BCUT2D eigenvalue weighted by atomic mass is 10.2. The summed E-state index contributed by atoms with van der Waals surface area (Å²) in [5.41, 5.74) is 0.813. The lowest BCUT2D eigenvalue weighted by Gasteiger charge is -2.23. The van der Waals surface area contributed by atoms with Gasteiger partial charge in [0.05, 0.1) is 18.2 Å². The number of nitrogens with one attached hydrogen (secondary N) is 2. The van der Waals surface area contributed by atoms with Crippen molar-refractivity contribution < 1.29 is 19.1 Å². The predicted octanol–water partition coefficient (Wildman–Crippen LogP) is 5.15. The summed E-state index contributed by atoms with van der Waals surface area (Å²) < 4.78 is 11.6. The van der Waals surface area contributed by atoms with Crippen LogP contribution in [0.3, 0.4) is 0 Å². The highest BCUT2D eigenvalue weighted by atomic mass is 79.9. The number of ether oxygens (including phenoxy) is 2. The topological polar surface area (TPSA) is 76.7 Å². The highest BCUT2D eigenvalue weighted by Gasteiger charge is 2.25. The molecule has 0 saturated carbocycles. The highest BCUT2D eigenvalue weighted by molar-refractivity contribution is 9.10. The van der Waals surface area contributed by atoms with Crippen molar-refractivity contribution in [2.45, 2.75) is 39.0 Å². The number of carbonyl (C=O) groups is 2. The summed E-state index contributed by atoms with van der Waals surface area (Å²) >= 11 is 9.30. The van der Waals surface area contributed by atoms with E-state index < -0.39 is 23.6 Å². The Morgan fingerprint density at radius 2 is 1.83 bits per heavy atom. The molecule has 29 heavy (non-hydrogen) atoms. The van der Waals surface area contributed by atoms with Gasteiger partial charge in [-0.3, -0.25) is 4.79 Å². The molecular weight excluding hydrogens is 460 g/mol. The standard InChI is InChI=1S/C21H24BrClN2O4/c1-21(2,3)29-20(27)25-18(13-28-12-14-7-5-4-6-8-14)19(26)24-15-9-10-17(23)16(22)11-15/h4-11,18H,12-13H2,1-3H3,(H,24,26)(H,25,27)/t18-/m1/s1. The summed E-state index contributed by atoms with van der Waals surface area (Å²) in [5, 5.41) is 5.84. The summed E-state index contributed by atoms with van der Waals surface area (Å²) in [6.07, 6.45) is -0.696. The van der Waals surface area contributed by atoms with E-state index in [-0.39, 0.29) is 6.61 Å². The van der Waals surface area contributed by atoms with Gasteiger partial charge in [0.25, 0.3) is 0 Å². The summed E-state index contributed by atoms with van der Waals surface area (Å²) in [4.78, 5) is 24.9. The third-order valence-corrected chi connectivity index (χ3v) is 4.80. The molecule has 2 N–H and O–H groups in total. The fourth-order valence-electron chi connectivity index (χ4n) is 2.30. The van der Waals surface area contributed by atoms with Gasteiger partial charge in [-0.25, -0.2) is 4.79 Å². The average Bonchev–Trinajstić information content (AvgIpc) is 2.63. The molecule has 0 unspecified atom stereocenters. The number of hydrogen-bond donors (Lipinski definition) is 2. The molecular formula is C21H24BrClN2O4. The Morgan fingerprint density at radius 3 is 2.45 bits per heavy atom. The molecule has 0 heterocycles. The number of rotatable bonds is 7. The van der Waals surface area contributed by atoms with Crippen LogP contribution in [-0.4, -0.2) is 30.3 Å². The van der Waals surface area contributed by atoms with Gasteiger partial charge in [0.15, 0.2) is 0 Å². The smallest absolute Gasteiger partial charge is 0.408 e. The summed E-state index contributed by atoms with van der Waals surface area (Å²) in [6.45, 7) is 5.54. The first-order valence-electron chi connectivity index (χ1n) is 9.01. The number of benzene rings is 2. The largest absolute Gasteiger partial charge is 0.444 e. The SMILES string of the molecule is CC(C)(C)OC(=O)N[C@H](COCc1ccccc1)C(=O)Nc1ccc(Cl)c(Br)c1. The lowest BCUT2D eigenvalue weighted by molar-refractivity contribution is -0.119. The highest BCUT2D eigenvalue weighted by Crippen LogP contribution is 2.25. The summed E-state index contributed by atoms with van der Waals surface area (Å²) in [7, 11) is 0. The average molecular weight is 484 g/mol. The Kier molecular flexibility index (Phi) is 8.49. The molecule has 8 heteroatoms. The van der Waals surface area contributed by atoms with Crippen LogP contribution in [-0.2, 0) is 20.9 Å². The van der Waals surface area contributed by atoms with Gasteiger partial charge in [0, 0.05) is 10.2 Å². The lowest BCUT2D eigenvalue weighted by Crippen LogP contribution is -2.48. The maximum Gasteiger partial charge on any atom is 0.408 e. The van der Waals surface area contributed by atoms with Crippen molar-refractivity contribution >= 4 is 45.2 Å². The fraction of sp³-hybridized carbons (Fsp3) is 0.333. The third-order valence-electron chi connectivity index (χ3n) is 3.59. The Balaban J connectivity index is 2.03. The maximum atomic E-state index is 12.7. The molecule has 0 spiro atoms. The van der Waals surface area contributed by atoms with Gasteiger partial charge in [-0.05, 0) is 60.5 Å². The molecule has 156 valence electrons. The molecule has 0 radical (unpaired) electrons. The van der Waals surface area contributed by atoms with Gasteiger partial charge in [0.2, 0.25) is 5.91 Å². The zero-order valence-electron chi connectivity index (χ0n) is 16.5. The molecule has 6 nitrogen and oxygen atoms in total. The van der Waals surface area contributed by atoms with E-state index in [1.165, 1.54) is 0 Å². The van der Waals surface area contributed by atoms with Crippen LogP contribution < -0.4 is 10.6 Å². The zero-order valence-corrected chi connectivity index (χ0v) is 18.8. The summed E-state index contributed by atoms with van der Waals surface area (Å²) in [5.74, 6) is -0.432. The minimum Gasteiger partial charge on any atom is -0.444 e. The molecule has 0 saturated heterocycles. The van der Waals surface area contributed by atoms with E-state index in [9.17, 15) is 9.59 Å². The molecule has 0 aliphatic rings. The van der Waals surface area contributed by atoms with Gasteiger partial charge in [-0.2, -0.15) is 0 Å². The molecule has 2 aromatic carbocycles. The van der Waals surface area contributed by atoms with Gasteiger partial charge in [-0.1, -0.05) is 41.9 Å². The van der Waals surface area contributed by atoms with Crippen molar-refractivity contribution in [2.24, 2.45) is 0 Å². The Bertz CT molecular complexity index is 840. The number of amides is 2. The van der Waals surface area contributed by atoms with Crippen LogP contribution in [0.15, 0.2) is 53.0 Å². The van der Waals surface area contributed by atoms with Crippen LogP contribution in [0.1, 0.15) is 26.3 Å². The van der Waals surface area contributed by atoms with Crippen molar-refractivity contribution in [1.82, 2.24) is 5.32 Å². The molecule has 0 aliphatic heterocycles. The minimum atomic E-state index is -0.942. The molecule has 2 aromatic rings. The van der Waals surface area contributed by atoms with Crippen molar-refractivity contribution in [2.75, 3.05) is 11.9 Å². The van der Waals surface area contributed by atoms with E-state index >= 15 is 0 Å². The minimum absolute atomic E-state index is 0.0191. The quantitative estimate of drug-likeness (QED) is 0.571. The molecule has 2 rings (SSSR count). The zero-order chi connectivity index (χ0) is 21.4. The number of alkyl carbamates (subject to hydrolysis) is 1. The first kappa shape index (κ1) is 23.2. The Morgan fingerprint density at radius 1 is 1.14 bits per heavy atom. The first-order valence-corrected chi connectivity index (χ1v) is 10.2. The van der Waals surface area contributed by atoms with Crippen molar-refractivity contribution in [3.8, 4) is 0 Å². The number of carbonyl (C=O) groups excluding carboxylic acids is 2. The monoisotopic (exact) mass is 482 g/mol. The Labute approximate surface area is 184 Å². The predicted molar refractivity (Wildman–Crippen MR) is 117 cm³/mol. The van der Waals surface area contributed by atoms with Crippen LogP contribution in [0.25, 0.3) is 0 Å². The number of hydrogen-bond acceptors (Lipinski definition) is 4. The molecule has 1 atom stereocenters. The van der Waals surface area contributed by atoms with E-state index in [0.717, 1.165) is 5.56 Å². The number of anilines is 1. The van der Waals surface area contributed by atoms with E-state index in [0.29, 0.717) is 21.8 Å². The van der Waals surface area contributed by atoms with Gasteiger partial charge in [-0.15, -0.1) is 0 Å². The van der Waals surface area contributed by atoms with Crippen LogP contribution in [0.5, 0.6) is 0 Å². The third kappa shape index (κ3) is 8.43. The molecule has 0 bridgehead atoms. The summed E-state index contributed by atoms with van der Waals surface area (Å²) in [6, 6.07) is 13.6. The first-order chi connectivity index (χ1) is 13.6. The van der Waals surface area contributed by atoms with Gasteiger partial charge >= 0.3 is 6.09 Å². The molecule has 2 amide bonds. The van der Waals surface area contributed by atoms with Crippen molar-refractivity contribution in [3.63, 3.8) is 0 Å². The van der Waals surface area contributed by atoms with Crippen LogP contribution in [0, 0.1) is 0 Å². The van der Waals surface area contributed by atoms with Crippen LogP contribution in [0.2, 0.25) is 5.02 Å². The second-order valence-corrected chi connectivity index (χ2v) is 8.58.